The van der Waals surface area contributed by atoms with Gasteiger partial charge in [0.1, 0.15) is 0 Å². The first-order valence-corrected chi connectivity index (χ1v) is 7.67. The lowest BCUT2D eigenvalue weighted by Gasteiger charge is -2.49. The molecule has 0 saturated carbocycles. The molecule has 3 saturated heterocycles. The minimum Gasteiger partial charge on any atom is -0.314 e. The van der Waals surface area contributed by atoms with Gasteiger partial charge >= 0.3 is 0 Å². The summed E-state index contributed by atoms with van der Waals surface area (Å²) in [4.78, 5) is 8.03. The van der Waals surface area contributed by atoms with Crippen molar-refractivity contribution in [2.75, 3.05) is 52.4 Å². The minimum absolute atomic E-state index is 0.722. The summed E-state index contributed by atoms with van der Waals surface area (Å²) in [5.41, 5.74) is 0. The Morgan fingerprint density at radius 1 is 0.889 bits per heavy atom. The maximum Gasteiger partial charge on any atom is 0.0351 e. The normalized spacial score (nSPS) is 33.2. The molecule has 0 radical (unpaired) electrons. The van der Waals surface area contributed by atoms with Crippen LogP contribution in [0.2, 0.25) is 0 Å². The van der Waals surface area contributed by atoms with Gasteiger partial charge in [-0.05, 0) is 20.3 Å². The molecule has 3 fully saturated rings. The third-order valence-corrected chi connectivity index (χ3v) is 5.00. The number of nitrogens with zero attached hydrogens (tertiary/aromatic N) is 3. The number of nitrogens with one attached hydrogen (secondary N) is 1. The van der Waals surface area contributed by atoms with E-state index in [1.807, 2.05) is 0 Å². The average molecular weight is 252 g/mol. The molecule has 3 aliphatic rings. The van der Waals surface area contributed by atoms with Crippen LogP contribution in [0.5, 0.6) is 0 Å². The summed E-state index contributed by atoms with van der Waals surface area (Å²) in [6.07, 6.45) is 1.38. The number of hydrogen-bond acceptors (Lipinski definition) is 4. The van der Waals surface area contributed by atoms with E-state index < -0.39 is 0 Å². The molecule has 0 spiro atoms. The summed E-state index contributed by atoms with van der Waals surface area (Å²) in [5.74, 6) is 0. The molecule has 0 aromatic rings. The predicted octanol–water partition coefficient (Wildman–Crippen LogP) is 0.0585. The van der Waals surface area contributed by atoms with Crippen molar-refractivity contribution in [2.45, 2.75) is 38.4 Å². The first-order valence-electron chi connectivity index (χ1n) is 7.67. The molecule has 0 bridgehead atoms. The fourth-order valence-corrected chi connectivity index (χ4v) is 3.60. The van der Waals surface area contributed by atoms with Gasteiger partial charge in [0.05, 0.1) is 0 Å². The quantitative estimate of drug-likeness (QED) is 0.767. The zero-order valence-corrected chi connectivity index (χ0v) is 11.9. The van der Waals surface area contributed by atoms with Crippen molar-refractivity contribution < 1.29 is 0 Å². The Hall–Kier alpha value is -0.160. The Labute approximate surface area is 111 Å². The van der Waals surface area contributed by atoms with Crippen molar-refractivity contribution in [1.29, 1.82) is 0 Å². The largest absolute Gasteiger partial charge is 0.314 e. The lowest BCUT2D eigenvalue weighted by atomic mass is 10.0. The number of likely N-dealkylation sites (tertiary alicyclic amines) is 2. The SMILES string of the molecule is CC(C)N1CCC(N2CC(N3CCNCC3)C2)C1. The van der Waals surface area contributed by atoms with E-state index in [-0.39, 0.29) is 0 Å². The van der Waals surface area contributed by atoms with Crippen LogP contribution in [0.4, 0.5) is 0 Å². The zero-order valence-electron chi connectivity index (χ0n) is 11.9. The second-order valence-corrected chi connectivity index (χ2v) is 6.42. The molecule has 3 rings (SSSR count). The molecule has 1 N–H and O–H groups in total. The van der Waals surface area contributed by atoms with Crippen molar-refractivity contribution in [3.8, 4) is 0 Å². The molecule has 0 aliphatic carbocycles. The van der Waals surface area contributed by atoms with Gasteiger partial charge < -0.3 is 5.32 Å². The van der Waals surface area contributed by atoms with Gasteiger partial charge in [0.2, 0.25) is 0 Å². The number of piperazine rings is 1. The molecule has 3 heterocycles. The molecule has 18 heavy (non-hydrogen) atoms. The smallest absolute Gasteiger partial charge is 0.0351 e. The molecular weight excluding hydrogens is 224 g/mol. The van der Waals surface area contributed by atoms with Crippen molar-refractivity contribution in [1.82, 2.24) is 20.0 Å². The van der Waals surface area contributed by atoms with Crippen LogP contribution in [0, 0.1) is 0 Å². The highest BCUT2D eigenvalue weighted by molar-refractivity contribution is 4.96. The highest BCUT2D eigenvalue weighted by Crippen LogP contribution is 2.24. The Balaban J connectivity index is 1.42. The Bertz CT molecular complexity index is 269. The minimum atomic E-state index is 0.722. The van der Waals surface area contributed by atoms with Crippen LogP contribution < -0.4 is 5.32 Å². The summed E-state index contributed by atoms with van der Waals surface area (Å²) in [6.45, 7) is 14.7. The zero-order chi connectivity index (χ0) is 12.5. The van der Waals surface area contributed by atoms with Crippen LogP contribution in [0.3, 0.4) is 0 Å². The Morgan fingerprint density at radius 3 is 2.22 bits per heavy atom. The summed E-state index contributed by atoms with van der Waals surface area (Å²) >= 11 is 0. The number of rotatable bonds is 3. The molecule has 1 unspecified atom stereocenters. The maximum absolute atomic E-state index is 3.44. The molecule has 104 valence electrons. The van der Waals surface area contributed by atoms with Crippen LogP contribution in [0.1, 0.15) is 20.3 Å². The van der Waals surface area contributed by atoms with Crippen LogP contribution in [-0.2, 0) is 0 Å². The van der Waals surface area contributed by atoms with Crippen LogP contribution in [0.15, 0.2) is 0 Å². The van der Waals surface area contributed by atoms with Crippen LogP contribution >= 0.6 is 0 Å². The maximum atomic E-state index is 3.44. The van der Waals surface area contributed by atoms with E-state index >= 15 is 0 Å². The van der Waals surface area contributed by atoms with Crippen molar-refractivity contribution in [2.24, 2.45) is 0 Å². The van der Waals surface area contributed by atoms with Crippen molar-refractivity contribution in [3.63, 3.8) is 0 Å². The summed E-state index contributed by atoms with van der Waals surface area (Å²) in [5, 5.41) is 3.44. The first-order chi connectivity index (χ1) is 8.74. The van der Waals surface area contributed by atoms with Gasteiger partial charge in [0.15, 0.2) is 0 Å². The molecule has 0 amide bonds. The molecule has 3 aliphatic heterocycles. The second-order valence-electron chi connectivity index (χ2n) is 6.42. The van der Waals surface area contributed by atoms with Gasteiger partial charge in [-0.2, -0.15) is 0 Å². The third-order valence-electron chi connectivity index (χ3n) is 5.00. The van der Waals surface area contributed by atoms with Gasteiger partial charge in [-0.15, -0.1) is 0 Å². The lowest BCUT2D eigenvalue weighted by molar-refractivity contribution is 0.00140. The van der Waals surface area contributed by atoms with E-state index in [1.165, 1.54) is 58.8 Å². The lowest BCUT2D eigenvalue weighted by Crippen LogP contribution is -2.65. The van der Waals surface area contributed by atoms with E-state index in [4.69, 9.17) is 0 Å². The van der Waals surface area contributed by atoms with E-state index in [9.17, 15) is 0 Å². The van der Waals surface area contributed by atoms with E-state index in [1.54, 1.807) is 0 Å². The Kier molecular flexibility index (Phi) is 3.89. The van der Waals surface area contributed by atoms with E-state index in [0.29, 0.717) is 0 Å². The fourth-order valence-electron chi connectivity index (χ4n) is 3.60. The van der Waals surface area contributed by atoms with Crippen molar-refractivity contribution >= 4 is 0 Å². The molecule has 4 nitrogen and oxygen atoms in total. The van der Waals surface area contributed by atoms with Gasteiger partial charge in [-0.3, -0.25) is 14.7 Å². The summed E-state index contributed by atoms with van der Waals surface area (Å²) in [7, 11) is 0. The standard InChI is InChI=1S/C14H28N4/c1-12(2)17-6-3-13(9-17)18-10-14(11-18)16-7-4-15-5-8-16/h12-15H,3-11H2,1-2H3. The Morgan fingerprint density at radius 2 is 1.61 bits per heavy atom. The average Bonchev–Trinajstić information content (AvgIpc) is 2.78. The summed E-state index contributed by atoms with van der Waals surface area (Å²) in [6, 6.07) is 2.41. The monoisotopic (exact) mass is 252 g/mol. The fraction of sp³-hybridized carbons (Fsp3) is 1.00. The van der Waals surface area contributed by atoms with Gasteiger partial charge in [-0.25, -0.2) is 0 Å². The van der Waals surface area contributed by atoms with Gasteiger partial charge in [0, 0.05) is 70.5 Å². The first kappa shape index (κ1) is 12.9. The topological polar surface area (TPSA) is 21.8 Å². The predicted molar refractivity (Wildman–Crippen MR) is 74.9 cm³/mol. The van der Waals surface area contributed by atoms with Gasteiger partial charge in [0.25, 0.3) is 0 Å². The highest BCUT2D eigenvalue weighted by atomic mass is 15.4. The molecule has 4 heteroatoms. The van der Waals surface area contributed by atoms with Crippen LogP contribution in [0.25, 0.3) is 0 Å². The van der Waals surface area contributed by atoms with Crippen LogP contribution in [-0.4, -0.2) is 85.2 Å². The summed E-state index contributed by atoms with van der Waals surface area (Å²) < 4.78 is 0. The number of hydrogen-bond donors (Lipinski definition) is 1. The molecular formula is C14H28N4. The van der Waals surface area contributed by atoms with Crippen molar-refractivity contribution in [3.05, 3.63) is 0 Å². The van der Waals surface area contributed by atoms with E-state index in [0.717, 1.165) is 18.1 Å². The third kappa shape index (κ3) is 2.57. The highest BCUT2D eigenvalue weighted by Gasteiger charge is 2.38. The molecule has 0 aromatic heterocycles. The van der Waals surface area contributed by atoms with Gasteiger partial charge in [-0.1, -0.05) is 0 Å². The van der Waals surface area contributed by atoms with E-state index in [2.05, 4.69) is 33.9 Å². The molecule has 1 atom stereocenters. The molecule has 0 aromatic carbocycles. The second kappa shape index (κ2) is 5.45.